The molecule has 1 heterocycles. The lowest BCUT2D eigenvalue weighted by Gasteiger charge is -2.11. The Bertz CT molecular complexity index is 436. The Labute approximate surface area is 87.9 Å². The zero-order valence-corrected chi connectivity index (χ0v) is 8.40. The molecule has 5 heteroatoms. The molecule has 1 aromatic carbocycles. The third-order valence-electron chi connectivity index (χ3n) is 2.29. The predicted molar refractivity (Wildman–Crippen MR) is 61.6 cm³/mol. The van der Waals surface area contributed by atoms with Crippen LogP contribution in [0.15, 0.2) is 24.5 Å². The minimum absolute atomic E-state index is 0.0116. The van der Waals surface area contributed by atoms with Crippen LogP contribution >= 0.6 is 0 Å². The number of hydrogen-bond acceptors (Lipinski definition) is 4. The van der Waals surface area contributed by atoms with Gasteiger partial charge in [-0.05, 0) is 18.2 Å². The van der Waals surface area contributed by atoms with Crippen molar-refractivity contribution in [3.05, 3.63) is 24.5 Å². The number of nitrogens with one attached hydrogen (secondary N) is 2. The van der Waals surface area contributed by atoms with Crippen LogP contribution in [0.3, 0.4) is 0 Å². The van der Waals surface area contributed by atoms with Crippen molar-refractivity contribution in [1.29, 1.82) is 0 Å². The second kappa shape index (κ2) is 4.29. The van der Waals surface area contributed by atoms with E-state index in [-0.39, 0.29) is 6.04 Å². The summed E-state index contributed by atoms with van der Waals surface area (Å²) in [6.45, 7) is 1.16. The minimum Gasteiger partial charge on any atom is -0.383 e. The van der Waals surface area contributed by atoms with Crippen molar-refractivity contribution in [2.45, 2.75) is 6.04 Å². The zero-order valence-electron chi connectivity index (χ0n) is 8.40. The Morgan fingerprint density at radius 1 is 1.47 bits per heavy atom. The summed E-state index contributed by atoms with van der Waals surface area (Å²) in [5.41, 5.74) is 14.1. The molecular weight excluding hydrogens is 190 g/mol. The van der Waals surface area contributed by atoms with Crippen molar-refractivity contribution in [3.63, 3.8) is 0 Å². The molecule has 1 aromatic heterocycles. The first-order valence-electron chi connectivity index (χ1n) is 4.92. The highest BCUT2D eigenvalue weighted by Crippen LogP contribution is 2.15. The molecule has 0 aliphatic rings. The van der Waals surface area contributed by atoms with Crippen LogP contribution in [0.4, 0.5) is 5.69 Å². The first-order valence-corrected chi connectivity index (χ1v) is 4.92. The van der Waals surface area contributed by atoms with E-state index in [9.17, 15) is 0 Å². The Hall–Kier alpha value is -1.59. The molecule has 1 unspecified atom stereocenters. The van der Waals surface area contributed by atoms with Gasteiger partial charge in [-0.3, -0.25) is 0 Å². The second-order valence-electron chi connectivity index (χ2n) is 3.51. The average Bonchev–Trinajstić information content (AvgIpc) is 2.72. The highest BCUT2D eigenvalue weighted by atomic mass is 14.9. The summed E-state index contributed by atoms with van der Waals surface area (Å²) >= 11 is 0. The SMILES string of the molecule is NCC(N)CNc1ccc2nc[nH]c2c1. The fraction of sp³-hybridized carbons (Fsp3) is 0.300. The number of aromatic nitrogens is 2. The molecule has 0 bridgehead atoms. The van der Waals surface area contributed by atoms with E-state index in [4.69, 9.17) is 11.5 Å². The highest BCUT2D eigenvalue weighted by molar-refractivity contribution is 5.78. The van der Waals surface area contributed by atoms with E-state index in [0.29, 0.717) is 13.1 Å². The topological polar surface area (TPSA) is 92.8 Å². The summed E-state index contributed by atoms with van der Waals surface area (Å²) in [6, 6.07) is 5.93. The number of nitrogens with two attached hydrogens (primary N) is 2. The van der Waals surface area contributed by atoms with Crippen molar-refractivity contribution >= 4 is 16.7 Å². The fourth-order valence-electron chi connectivity index (χ4n) is 1.38. The summed E-state index contributed by atoms with van der Waals surface area (Å²) in [5.74, 6) is 0. The Balaban J connectivity index is 2.08. The van der Waals surface area contributed by atoms with E-state index in [1.54, 1.807) is 6.33 Å². The van der Waals surface area contributed by atoms with Gasteiger partial charge in [0.15, 0.2) is 0 Å². The standard InChI is InChI=1S/C10H15N5/c11-4-7(12)5-13-8-1-2-9-10(3-8)15-6-14-9/h1-3,6-7,13H,4-5,11-12H2,(H,14,15). The molecule has 1 atom stereocenters. The van der Waals surface area contributed by atoms with Crippen molar-refractivity contribution in [1.82, 2.24) is 9.97 Å². The lowest BCUT2D eigenvalue weighted by atomic mass is 10.2. The monoisotopic (exact) mass is 205 g/mol. The molecule has 5 nitrogen and oxygen atoms in total. The predicted octanol–water partition coefficient (Wildman–Crippen LogP) is 0.261. The molecule has 0 aliphatic carbocycles. The largest absolute Gasteiger partial charge is 0.383 e. The number of fused-ring (bicyclic) bond motifs is 1. The normalized spacial score (nSPS) is 12.9. The van der Waals surface area contributed by atoms with Crippen molar-refractivity contribution in [2.75, 3.05) is 18.4 Å². The summed E-state index contributed by atoms with van der Waals surface area (Å²) in [5, 5.41) is 3.22. The Morgan fingerprint density at radius 3 is 3.13 bits per heavy atom. The van der Waals surface area contributed by atoms with Gasteiger partial charge in [0.05, 0.1) is 17.4 Å². The van der Waals surface area contributed by atoms with Gasteiger partial charge in [-0.2, -0.15) is 0 Å². The lowest BCUT2D eigenvalue weighted by Crippen LogP contribution is -2.36. The number of H-pyrrole nitrogens is 1. The molecule has 80 valence electrons. The van der Waals surface area contributed by atoms with E-state index in [1.807, 2.05) is 18.2 Å². The van der Waals surface area contributed by atoms with Crippen molar-refractivity contribution in [3.8, 4) is 0 Å². The van der Waals surface area contributed by atoms with Crippen LogP contribution in [-0.2, 0) is 0 Å². The Kier molecular flexibility index (Phi) is 2.84. The Morgan fingerprint density at radius 2 is 2.33 bits per heavy atom. The van der Waals surface area contributed by atoms with Gasteiger partial charge >= 0.3 is 0 Å². The third kappa shape index (κ3) is 2.26. The van der Waals surface area contributed by atoms with Gasteiger partial charge in [-0.1, -0.05) is 0 Å². The van der Waals surface area contributed by atoms with E-state index >= 15 is 0 Å². The molecule has 0 saturated heterocycles. The molecule has 0 radical (unpaired) electrons. The maximum Gasteiger partial charge on any atom is 0.0931 e. The summed E-state index contributed by atoms with van der Waals surface area (Å²) in [4.78, 5) is 7.20. The fourth-order valence-corrected chi connectivity index (χ4v) is 1.38. The van der Waals surface area contributed by atoms with Gasteiger partial charge in [0.2, 0.25) is 0 Å². The van der Waals surface area contributed by atoms with Gasteiger partial charge in [0, 0.05) is 24.8 Å². The summed E-state index contributed by atoms with van der Waals surface area (Å²) in [6.07, 6.45) is 1.68. The molecule has 0 amide bonds. The van der Waals surface area contributed by atoms with Crippen LogP contribution in [0.25, 0.3) is 11.0 Å². The third-order valence-corrected chi connectivity index (χ3v) is 2.29. The van der Waals surface area contributed by atoms with Crippen LogP contribution in [-0.4, -0.2) is 29.1 Å². The maximum absolute atomic E-state index is 5.71. The zero-order chi connectivity index (χ0) is 10.7. The number of nitrogens with zero attached hydrogens (tertiary/aromatic N) is 1. The van der Waals surface area contributed by atoms with E-state index in [1.165, 1.54) is 0 Å². The molecule has 0 fully saturated rings. The van der Waals surface area contributed by atoms with Crippen LogP contribution < -0.4 is 16.8 Å². The summed E-state index contributed by atoms with van der Waals surface area (Å²) in [7, 11) is 0. The maximum atomic E-state index is 5.71. The number of imidazole rings is 1. The second-order valence-corrected chi connectivity index (χ2v) is 3.51. The summed E-state index contributed by atoms with van der Waals surface area (Å²) < 4.78 is 0. The van der Waals surface area contributed by atoms with E-state index < -0.39 is 0 Å². The van der Waals surface area contributed by atoms with Gasteiger partial charge in [-0.15, -0.1) is 0 Å². The van der Waals surface area contributed by atoms with Crippen molar-refractivity contribution in [2.24, 2.45) is 11.5 Å². The van der Waals surface area contributed by atoms with Crippen LogP contribution in [0, 0.1) is 0 Å². The number of anilines is 1. The molecule has 0 saturated carbocycles. The highest BCUT2D eigenvalue weighted by Gasteiger charge is 2.00. The quantitative estimate of drug-likeness (QED) is 0.576. The first-order chi connectivity index (χ1) is 7.29. The number of benzene rings is 1. The first kappa shape index (κ1) is 9.95. The number of hydrogen-bond donors (Lipinski definition) is 4. The van der Waals surface area contributed by atoms with E-state index in [0.717, 1.165) is 16.7 Å². The van der Waals surface area contributed by atoms with Crippen LogP contribution in [0.2, 0.25) is 0 Å². The minimum atomic E-state index is -0.0116. The molecule has 0 spiro atoms. The number of aromatic amines is 1. The van der Waals surface area contributed by atoms with Crippen molar-refractivity contribution < 1.29 is 0 Å². The van der Waals surface area contributed by atoms with Crippen LogP contribution in [0.5, 0.6) is 0 Å². The molecule has 2 rings (SSSR count). The van der Waals surface area contributed by atoms with Gasteiger partial charge in [-0.25, -0.2) is 4.98 Å². The van der Waals surface area contributed by atoms with E-state index in [2.05, 4.69) is 15.3 Å². The lowest BCUT2D eigenvalue weighted by molar-refractivity contribution is 0.713. The molecule has 15 heavy (non-hydrogen) atoms. The molecular formula is C10H15N5. The van der Waals surface area contributed by atoms with Gasteiger partial charge < -0.3 is 21.8 Å². The molecule has 6 N–H and O–H groups in total. The molecule has 0 aliphatic heterocycles. The molecule has 2 aromatic rings. The van der Waals surface area contributed by atoms with Gasteiger partial charge in [0.1, 0.15) is 0 Å². The smallest absolute Gasteiger partial charge is 0.0931 e. The number of rotatable bonds is 4. The average molecular weight is 205 g/mol. The van der Waals surface area contributed by atoms with Gasteiger partial charge in [0.25, 0.3) is 0 Å². The van der Waals surface area contributed by atoms with Crippen LogP contribution in [0.1, 0.15) is 0 Å².